The Hall–Kier alpha value is -1.96. The van der Waals surface area contributed by atoms with Gasteiger partial charge in [0.15, 0.2) is 0 Å². The van der Waals surface area contributed by atoms with Crippen LogP contribution in [-0.2, 0) is 11.2 Å². The highest BCUT2D eigenvalue weighted by molar-refractivity contribution is 5.78. The Labute approximate surface area is 101 Å². The van der Waals surface area contributed by atoms with Gasteiger partial charge < -0.3 is 0 Å². The first-order valence-electron chi connectivity index (χ1n) is 5.67. The van der Waals surface area contributed by atoms with E-state index in [1.807, 2.05) is 49.4 Å². The van der Waals surface area contributed by atoms with Crippen molar-refractivity contribution in [2.45, 2.75) is 20.3 Å². The zero-order chi connectivity index (χ0) is 12.3. The van der Waals surface area contributed by atoms with Gasteiger partial charge in [-0.05, 0) is 31.5 Å². The molecule has 1 aromatic carbocycles. The van der Waals surface area contributed by atoms with Gasteiger partial charge >= 0.3 is 0 Å². The van der Waals surface area contributed by atoms with Crippen molar-refractivity contribution in [1.29, 1.82) is 0 Å². The van der Waals surface area contributed by atoms with Crippen molar-refractivity contribution >= 4 is 5.78 Å². The fourth-order valence-electron chi connectivity index (χ4n) is 1.78. The number of nitrogens with zero attached hydrogens (tertiary/aromatic N) is 1. The van der Waals surface area contributed by atoms with Gasteiger partial charge in [-0.25, -0.2) is 0 Å². The van der Waals surface area contributed by atoms with Crippen LogP contribution in [0.3, 0.4) is 0 Å². The number of ketones is 1. The predicted molar refractivity (Wildman–Crippen MR) is 68.8 cm³/mol. The number of benzene rings is 1. The van der Waals surface area contributed by atoms with E-state index in [1.165, 1.54) is 0 Å². The summed E-state index contributed by atoms with van der Waals surface area (Å²) >= 11 is 0. The number of Topliss-reactive ketones (excluding diaryl/α,β-unsaturated/α-hetero) is 1. The molecule has 0 atom stereocenters. The SMILES string of the molecule is CC(=O)Cc1ccc(-c2cccc(C)n2)cc1. The van der Waals surface area contributed by atoms with E-state index in [9.17, 15) is 4.79 Å². The lowest BCUT2D eigenvalue weighted by Crippen LogP contribution is -1.95. The van der Waals surface area contributed by atoms with E-state index in [1.54, 1.807) is 6.92 Å². The van der Waals surface area contributed by atoms with Crippen LogP contribution >= 0.6 is 0 Å². The van der Waals surface area contributed by atoms with E-state index in [0.717, 1.165) is 22.5 Å². The molecule has 0 radical (unpaired) electrons. The first-order valence-corrected chi connectivity index (χ1v) is 5.67. The summed E-state index contributed by atoms with van der Waals surface area (Å²) in [7, 11) is 0. The molecule has 0 fully saturated rings. The molecular weight excluding hydrogens is 210 g/mol. The second-order valence-electron chi connectivity index (χ2n) is 4.24. The Bertz CT molecular complexity index is 529. The van der Waals surface area contributed by atoms with Crippen LogP contribution in [0.5, 0.6) is 0 Å². The second-order valence-corrected chi connectivity index (χ2v) is 4.24. The zero-order valence-electron chi connectivity index (χ0n) is 10.1. The zero-order valence-corrected chi connectivity index (χ0v) is 10.1. The molecule has 0 amide bonds. The molecule has 2 nitrogen and oxygen atoms in total. The minimum atomic E-state index is 0.187. The predicted octanol–water partition coefficient (Wildman–Crippen LogP) is 3.19. The van der Waals surface area contributed by atoms with E-state index in [4.69, 9.17) is 0 Å². The van der Waals surface area contributed by atoms with Gasteiger partial charge in [-0.1, -0.05) is 30.3 Å². The third-order valence-electron chi connectivity index (χ3n) is 2.59. The normalized spacial score (nSPS) is 10.2. The first kappa shape index (κ1) is 11.5. The lowest BCUT2D eigenvalue weighted by atomic mass is 10.1. The van der Waals surface area contributed by atoms with Crippen molar-refractivity contribution in [3.63, 3.8) is 0 Å². The molecule has 0 aliphatic rings. The fraction of sp³-hybridized carbons (Fsp3) is 0.200. The third kappa shape index (κ3) is 3.00. The van der Waals surface area contributed by atoms with Crippen LogP contribution in [0.2, 0.25) is 0 Å². The van der Waals surface area contributed by atoms with E-state index in [2.05, 4.69) is 4.98 Å². The highest BCUT2D eigenvalue weighted by atomic mass is 16.1. The second kappa shape index (κ2) is 4.91. The number of pyridine rings is 1. The van der Waals surface area contributed by atoms with Gasteiger partial charge in [-0.3, -0.25) is 9.78 Å². The summed E-state index contributed by atoms with van der Waals surface area (Å²) in [5, 5.41) is 0. The molecule has 2 heteroatoms. The van der Waals surface area contributed by atoms with E-state index >= 15 is 0 Å². The van der Waals surface area contributed by atoms with Gasteiger partial charge in [0.1, 0.15) is 5.78 Å². The average molecular weight is 225 g/mol. The van der Waals surface area contributed by atoms with E-state index in [-0.39, 0.29) is 5.78 Å². The molecule has 0 saturated heterocycles. The summed E-state index contributed by atoms with van der Waals surface area (Å²) in [6.45, 7) is 3.59. The fourth-order valence-corrected chi connectivity index (χ4v) is 1.78. The molecule has 1 heterocycles. The summed E-state index contributed by atoms with van der Waals surface area (Å²) in [6, 6.07) is 14.0. The van der Waals surface area contributed by atoms with Crippen LogP contribution in [0.15, 0.2) is 42.5 Å². The Morgan fingerprint density at radius 3 is 2.41 bits per heavy atom. The van der Waals surface area contributed by atoms with E-state index < -0.39 is 0 Å². The first-order chi connectivity index (χ1) is 8.15. The van der Waals surface area contributed by atoms with Crippen molar-refractivity contribution in [1.82, 2.24) is 4.98 Å². The Balaban J connectivity index is 2.26. The van der Waals surface area contributed by atoms with Gasteiger partial charge in [0, 0.05) is 17.7 Å². The summed E-state index contributed by atoms with van der Waals surface area (Å²) in [5.41, 5.74) is 4.12. The maximum absolute atomic E-state index is 11.0. The summed E-state index contributed by atoms with van der Waals surface area (Å²) in [5.74, 6) is 0.187. The quantitative estimate of drug-likeness (QED) is 0.803. The van der Waals surface area contributed by atoms with Crippen molar-refractivity contribution in [3.05, 3.63) is 53.7 Å². The molecule has 0 N–H and O–H groups in total. The van der Waals surface area contributed by atoms with Crippen LogP contribution in [0.1, 0.15) is 18.2 Å². The topological polar surface area (TPSA) is 30.0 Å². The molecule has 86 valence electrons. The van der Waals surface area contributed by atoms with Crippen molar-refractivity contribution in [2.75, 3.05) is 0 Å². The van der Waals surface area contributed by atoms with E-state index in [0.29, 0.717) is 6.42 Å². The van der Waals surface area contributed by atoms with Gasteiger partial charge in [-0.2, -0.15) is 0 Å². The molecule has 17 heavy (non-hydrogen) atoms. The molecule has 0 saturated carbocycles. The highest BCUT2D eigenvalue weighted by Crippen LogP contribution is 2.18. The van der Waals surface area contributed by atoms with Crippen LogP contribution in [-0.4, -0.2) is 10.8 Å². The third-order valence-corrected chi connectivity index (χ3v) is 2.59. The number of aryl methyl sites for hydroxylation is 1. The van der Waals surface area contributed by atoms with Crippen molar-refractivity contribution in [2.24, 2.45) is 0 Å². The Morgan fingerprint density at radius 2 is 1.82 bits per heavy atom. The maximum Gasteiger partial charge on any atom is 0.134 e. The van der Waals surface area contributed by atoms with Gasteiger partial charge in [0.2, 0.25) is 0 Å². The lowest BCUT2D eigenvalue weighted by molar-refractivity contribution is -0.116. The van der Waals surface area contributed by atoms with Gasteiger partial charge in [-0.15, -0.1) is 0 Å². The smallest absolute Gasteiger partial charge is 0.134 e. The molecule has 0 unspecified atom stereocenters. The number of aromatic nitrogens is 1. The minimum absolute atomic E-state index is 0.187. The van der Waals surface area contributed by atoms with Crippen LogP contribution in [0.25, 0.3) is 11.3 Å². The van der Waals surface area contributed by atoms with Gasteiger partial charge in [0.25, 0.3) is 0 Å². The molecule has 0 aliphatic carbocycles. The number of carbonyl (C=O) groups excluding carboxylic acids is 1. The number of hydrogen-bond acceptors (Lipinski definition) is 2. The van der Waals surface area contributed by atoms with Crippen LogP contribution < -0.4 is 0 Å². The lowest BCUT2D eigenvalue weighted by Gasteiger charge is -2.03. The number of rotatable bonds is 3. The van der Waals surface area contributed by atoms with Crippen molar-refractivity contribution < 1.29 is 4.79 Å². The molecule has 0 aliphatic heterocycles. The Kier molecular flexibility index (Phi) is 3.33. The van der Waals surface area contributed by atoms with Gasteiger partial charge in [0.05, 0.1) is 5.69 Å². The molecule has 1 aromatic heterocycles. The standard InChI is InChI=1S/C15H15NO/c1-11-4-3-5-15(16-11)14-8-6-13(7-9-14)10-12(2)17/h3-9H,10H2,1-2H3. The molecule has 0 spiro atoms. The summed E-state index contributed by atoms with van der Waals surface area (Å²) in [6.07, 6.45) is 0.502. The van der Waals surface area contributed by atoms with Crippen molar-refractivity contribution in [3.8, 4) is 11.3 Å². The highest BCUT2D eigenvalue weighted by Gasteiger charge is 2.01. The molecule has 0 bridgehead atoms. The summed E-state index contributed by atoms with van der Waals surface area (Å²) in [4.78, 5) is 15.5. The van der Waals surface area contributed by atoms with Crippen LogP contribution in [0.4, 0.5) is 0 Å². The Morgan fingerprint density at radius 1 is 1.12 bits per heavy atom. The monoisotopic (exact) mass is 225 g/mol. The molecular formula is C15H15NO. The summed E-state index contributed by atoms with van der Waals surface area (Å²) < 4.78 is 0. The average Bonchev–Trinajstić information content (AvgIpc) is 2.29. The largest absolute Gasteiger partial charge is 0.300 e. The minimum Gasteiger partial charge on any atom is -0.300 e. The number of carbonyl (C=O) groups is 1. The molecule has 2 aromatic rings. The molecule has 2 rings (SSSR count). The van der Waals surface area contributed by atoms with Crippen LogP contribution in [0, 0.1) is 6.92 Å². The maximum atomic E-state index is 11.0. The number of hydrogen-bond donors (Lipinski definition) is 0.